The highest BCUT2D eigenvalue weighted by molar-refractivity contribution is 9.10. The molecule has 0 radical (unpaired) electrons. The number of nitrogens with one attached hydrogen (secondary N) is 2. The van der Waals surface area contributed by atoms with Crippen molar-refractivity contribution in [2.24, 2.45) is 0 Å². The van der Waals surface area contributed by atoms with E-state index in [9.17, 15) is 4.79 Å². The number of pyridine rings is 2. The van der Waals surface area contributed by atoms with Crippen LogP contribution in [0.4, 0.5) is 5.69 Å². The van der Waals surface area contributed by atoms with Crippen LogP contribution in [0.15, 0.2) is 65.7 Å². The number of anilines is 1. The van der Waals surface area contributed by atoms with Crippen molar-refractivity contribution in [3.8, 4) is 6.07 Å². The molecule has 0 fully saturated rings. The monoisotopic (exact) mass is 437 g/mol. The molecule has 3 rings (SSSR count). The van der Waals surface area contributed by atoms with Gasteiger partial charge in [0.05, 0.1) is 23.4 Å². The van der Waals surface area contributed by atoms with Gasteiger partial charge in [0.25, 0.3) is 5.91 Å². The minimum Gasteiger partial charge on any atom is -0.380 e. The Hall–Kier alpha value is -3.28. The molecule has 2 heterocycles. The molecule has 0 spiro atoms. The third-order valence-electron chi connectivity index (χ3n) is 3.86. The largest absolute Gasteiger partial charge is 0.380 e. The number of hydrogen-bond donors (Lipinski definition) is 2. The molecule has 0 aliphatic rings. The predicted octanol–water partition coefficient (Wildman–Crippen LogP) is 3.58. The smallest absolute Gasteiger partial charge is 0.278 e. The van der Waals surface area contributed by atoms with E-state index in [0.29, 0.717) is 27.8 Å². The first-order valence-corrected chi connectivity index (χ1v) is 9.14. The molecule has 140 valence electrons. The molecule has 0 saturated carbocycles. The molecular weight excluding hydrogens is 422 g/mol. The fourth-order valence-electron chi connectivity index (χ4n) is 2.41. The number of carbonyl (C=O) groups is 1. The number of carbonyl (C=O) groups excluding carboxylic acids is 1. The number of amides is 1. The summed E-state index contributed by atoms with van der Waals surface area (Å²) in [6, 6.07) is 12.8. The van der Waals surface area contributed by atoms with Crippen molar-refractivity contribution < 1.29 is 9.63 Å². The highest BCUT2D eigenvalue weighted by atomic mass is 79.9. The van der Waals surface area contributed by atoms with E-state index in [2.05, 4.69) is 42.8 Å². The van der Waals surface area contributed by atoms with Crippen LogP contribution in [0.3, 0.4) is 0 Å². The van der Waals surface area contributed by atoms with Gasteiger partial charge in [-0.3, -0.25) is 19.6 Å². The molecule has 0 atom stereocenters. The van der Waals surface area contributed by atoms with Crippen LogP contribution in [0.1, 0.15) is 27.0 Å². The molecule has 0 unspecified atom stereocenters. The van der Waals surface area contributed by atoms with Gasteiger partial charge in [-0.25, -0.2) is 5.48 Å². The molecule has 7 nitrogen and oxygen atoms in total. The van der Waals surface area contributed by atoms with E-state index in [1.807, 2.05) is 12.1 Å². The fraction of sp³-hybridized carbons (Fsp3) is 0.100. The molecule has 0 bridgehead atoms. The van der Waals surface area contributed by atoms with E-state index < -0.39 is 5.91 Å². The number of hydrogen-bond acceptors (Lipinski definition) is 6. The Morgan fingerprint density at radius 3 is 2.64 bits per heavy atom. The summed E-state index contributed by atoms with van der Waals surface area (Å²) in [5, 5.41) is 12.2. The molecule has 1 amide bonds. The summed E-state index contributed by atoms with van der Waals surface area (Å²) in [6.45, 7) is 0.711. The second-order valence-electron chi connectivity index (χ2n) is 5.78. The quantitative estimate of drug-likeness (QED) is 0.547. The summed E-state index contributed by atoms with van der Waals surface area (Å²) in [4.78, 5) is 25.8. The van der Waals surface area contributed by atoms with Gasteiger partial charge in [-0.2, -0.15) is 5.26 Å². The van der Waals surface area contributed by atoms with Gasteiger partial charge in [0, 0.05) is 35.8 Å². The van der Waals surface area contributed by atoms with Gasteiger partial charge in [0.15, 0.2) is 0 Å². The Labute approximate surface area is 170 Å². The Morgan fingerprint density at radius 1 is 1.11 bits per heavy atom. The average molecular weight is 438 g/mol. The van der Waals surface area contributed by atoms with Crippen LogP contribution in [0.2, 0.25) is 0 Å². The van der Waals surface area contributed by atoms with Crippen molar-refractivity contribution in [3.63, 3.8) is 0 Å². The van der Waals surface area contributed by atoms with Crippen molar-refractivity contribution in [2.75, 3.05) is 5.32 Å². The summed E-state index contributed by atoms with van der Waals surface area (Å²) in [5.41, 5.74) is 5.84. The van der Waals surface area contributed by atoms with E-state index >= 15 is 0 Å². The number of rotatable bonds is 7. The summed E-state index contributed by atoms with van der Waals surface area (Å²) in [6.07, 6.45) is 6.52. The summed E-state index contributed by atoms with van der Waals surface area (Å²) in [5.74, 6) is -0.405. The highest BCUT2D eigenvalue weighted by Gasteiger charge is 2.12. The van der Waals surface area contributed by atoms with Gasteiger partial charge in [-0.05, 0) is 57.4 Å². The lowest BCUT2D eigenvalue weighted by molar-refractivity contribution is 0.0234. The van der Waals surface area contributed by atoms with Crippen LogP contribution in [0.5, 0.6) is 0 Å². The maximum Gasteiger partial charge on any atom is 0.278 e. The average Bonchev–Trinajstić information content (AvgIpc) is 2.73. The lowest BCUT2D eigenvalue weighted by Gasteiger charge is -2.12. The van der Waals surface area contributed by atoms with E-state index in [1.165, 1.54) is 6.20 Å². The molecule has 0 aliphatic carbocycles. The number of aromatic nitrogens is 2. The molecule has 2 aromatic heterocycles. The van der Waals surface area contributed by atoms with Gasteiger partial charge in [-0.15, -0.1) is 0 Å². The Bertz CT molecular complexity index is 1000. The zero-order valence-electron chi connectivity index (χ0n) is 14.7. The number of halogens is 1. The van der Waals surface area contributed by atoms with E-state index in [0.717, 1.165) is 11.1 Å². The molecule has 0 aliphatic heterocycles. The third-order valence-corrected chi connectivity index (χ3v) is 4.51. The van der Waals surface area contributed by atoms with Crippen molar-refractivity contribution in [2.45, 2.75) is 13.2 Å². The van der Waals surface area contributed by atoms with Crippen molar-refractivity contribution in [1.82, 2.24) is 15.4 Å². The zero-order valence-corrected chi connectivity index (χ0v) is 16.3. The van der Waals surface area contributed by atoms with Crippen LogP contribution in [-0.2, 0) is 18.0 Å². The van der Waals surface area contributed by atoms with Crippen molar-refractivity contribution >= 4 is 27.5 Å². The lowest BCUT2D eigenvalue weighted by Crippen LogP contribution is -2.24. The maximum absolute atomic E-state index is 12.5. The Morgan fingerprint density at radius 2 is 1.89 bits per heavy atom. The first kappa shape index (κ1) is 19.5. The molecule has 1 aromatic carbocycles. The number of benzene rings is 1. The second-order valence-corrected chi connectivity index (χ2v) is 6.63. The topological polar surface area (TPSA) is 99.9 Å². The van der Waals surface area contributed by atoms with Gasteiger partial charge in [-0.1, -0.05) is 6.07 Å². The fourth-order valence-corrected chi connectivity index (χ4v) is 2.92. The molecule has 28 heavy (non-hydrogen) atoms. The molecule has 2 N–H and O–H groups in total. The lowest BCUT2D eigenvalue weighted by atomic mass is 10.2. The van der Waals surface area contributed by atoms with Gasteiger partial charge in [0.1, 0.15) is 6.07 Å². The van der Waals surface area contributed by atoms with Crippen LogP contribution >= 0.6 is 15.9 Å². The number of hydroxylamine groups is 1. The van der Waals surface area contributed by atoms with E-state index in [-0.39, 0.29) is 6.61 Å². The Kier molecular flexibility index (Phi) is 6.68. The minimum absolute atomic E-state index is 0.163. The van der Waals surface area contributed by atoms with Gasteiger partial charge >= 0.3 is 0 Å². The number of nitriles is 1. The summed E-state index contributed by atoms with van der Waals surface area (Å²) in [7, 11) is 0. The molecular formula is C20H16BrN5O2. The molecule has 3 aromatic rings. The molecule has 0 saturated heterocycles. The summed E-state index contributed by atoms with van der Waals surface area (Å²) < 4.78 is 0.678. The van der Waals surface area contributed by atoms with Crippen molar-refractivity contribution in [1.29, 1.82) is 5.26 Å². The van der Waals surface area contributed by atoms with Crippen molar-refractivity contribution in [3.05, 3.63) is 87.9 Å². The maximum atomic E-state index is 12.5. The summed E-state index contributed by atoms with van der Waals surface area (Å²) >= 11 is 3.33. The SMILES string of the molecule is N#Cc1ccc(CONC(=O)c2cnccc2NCc2ccncc2)cc1Br. The third kappa shape index (κ3) is 5.13. The van der Waals surface area contributed by atoms with Gasteiger partial charge in [0.2, 0.25) is 0 Å². The van der Waals surface area contributed by atoms with Crippen LogP contribution in [0, 0.1) is 11.3 Å². The minimum atomic E-state index is -0.405. The van der Waals surface area contributed by atoms with Crippen LogP contribution in [-0.4, -0.2) is 15.9 Å². The molecule has 8 heteroatoms. The van der Waals surface area contributed by atoms with Crippen LogP contribution < -0.4 is 10.8 Å². The standard InChI is InChI=1S/C20H16BrN5O2/c21-18-9-15(1-2-16(18)10-22)13-28-26-20(27)17-12-24-8-5-19(17)25-11-14-3-6-23-7-4-14/h1-9,12H,11,13H2,(H,24,25)(H,26,27). The zero-order chi connectivity index (χ0) is 19.8. The van der Waals surface area contributed by atoms with E-state index in [4.69, 9.17) is 10.1 Å². The normalized spacial score (nSPS) is 10.1. The number of nitrogens with zero attached hydrogens (tertiary/aromatic N) is 3. The first-order valence-electron chi connectivity index (χ1n) is 8.35. The highest BCUT2D eigenvalue weighted by Crippen LogP contribution is 2.18. The van der Waals surface area contributed by atoms with E-state index in [1.54, 1.807) is 42.9 Å². The predicted molar refractivity (Wildman–Crippen MR) is 107 cm³/mol. The van der Waals surface area contributed by atoms with Gasteiger partial charge < -0.3 is 5.32 Å². The van der Waals surface area contributed by atoms with Crippen LogP contribution in [0.25, 0.3) is 0 Å². The first-order chi connectivity index (χ1) is 13.7. The Balaban J connectivity index is 1.58. The second kappa shape index (κ2) is 9.60.